The van der Waals surface area contributed by atoms with Crippen molar-refractivity contribution in [2.24, 2.45) is 0 Å². The fourth-order valence-electron chi connectivity index (χ4n) is 0.723. The summed E-state index contributed by atoms with van der Waals surface area (Å²) in [5.74, 6) is -0.570. The molecule has 72 valence electrons. The van der Waals surface area contributed by atoms with Crippen LogP contribution in [0, 0.1) is 0 Å². The van der Waals surface area contributed by atoms with E-state index in [2.05, 4.69) is 9.72 Å². The van der Waals surface area contributed by atoms with Crippen molar-refractivity contribution in [3.63, 3.8) is 0 Å². The molecular formula is C7H6F3NO2. The van der Waals surface area contributed by atoms with Crippen LogP contribution in [0.1, 0.15) is 5.56 Å². The van der Waals surface area contributed by atoms with Crippen molar-refractivity contribution in [3.8, 4) is 5.88 Å². The zero-order chi connectivity index (χ0) is 9.90. The Balaban J connectivity index is 2.78. The summed E-state index contributed by atoms with van der Waals surface area (Å²) in [6.07, 6.45) is -3.62. The van der Waals surface area contributed by atoms with E-state index in [9.17, 15) is 13.2 Å². The minimum Gasteiger partial charge on any atom is -0.392 e. The van der Waals surface area contributed by atoms with Gasteiger partial charge in [-0.05, 0) is 11.6 Å². The normalized spacial score (nSPS) is 11.4. The van der Waals surface area contributed by atoms with Crippen molar-refractivity contribution >= 4 is 0 Å². The second-order valence-electron chi connectivity index (χ2n) is 2.21. The summed E-state index contributed by atoms with van der Waals surface area (Å²) in [5, 5.41) is 8.60. The first-order chi connectivity index (χ1) is 6.01. The third kappa shape index (κ3) is 3.29. The van der Waals surface area contributed by atoms with Crippen LogP contribution in [0.4, 0.5) is 13.2 Å². The highest BCUT2D eigenvalue weighted by Crippen LogP contribution is 2.20. The van der Waals surface area contributed by atoms with Gasteiger partial charge in [0.2, 0.25) is 5.88 Å². The van der Waals surface area contributed by atoms with Gasteiger partial charge in [-0.1, -0.05) is 0 Å². The van der Waals surface area contributed by atoms with Crippen LogP contribution in [0.2, 0.25) is 0 Å². The predicted octanol–water partition coefficient (Wildman–Crippen LogP) is 1.47. The molecule has 0 aliphatic rings. The average Bonchev–Trinajstić information content (AvgIpc) is 2.01. The lowest BCUT2D eigenvalue weighted by Gasteiger charge is -2.07. The van der Waals surface area contributed by atoms with Crippen LogP contribution in [-0.2, 0) is 6.61 Å². The van der Waals surface area contributed by atoms with Gasteiger partial charge in [-0.2, -0.15) is 0 Å². The molecule has 0 aliphatic carbocycles. The van der Waals surface area contributed by atoms with Gasteiger partial charge in [0.15, 0.2) is 0 Å². The molecule has 0 atom stereocenters. The van der Waals surface area contributed by atoms with E-state index in [0.717, 1.165) is 12.3 Å². The van der Waals surface area contributed by atoms with E-state index >= 15 is 0 Å². The maximum Gasteiger partial charge on any atom is 0.574 e. The summed E-state index contributed by atoms with van der Waals surface area (Å²) in [6.45, 7) is -0.350. The van der Waals surface area contributed by atoms with Crippen molar-refractivity contribution < 1.29 is 23.0 Å². The first-order valence-corrected chi connectivity index (χ1v) is 3.33. The quantitative estimate of drug-likeness (QED) is 0.773. The molecule has 0 amide bonds. The zero-order valence-electron chi connectivity index (χ0n) is 6.38. The molecule has 0 aromatic carbocycles. The summed E-state index contributed by atoms with van der Waals surface area (Å²) in [5.41, 5.74) is 0.314. The van der Waals surface area contributed by atoms with Crippen molar-refractivity contribution in [3.05, 3.63) is 23.9 Å². The van der Waals surface area contributed by atoms with Gasteiger partial charge in [-0.25, -0.2) is 4.98 Å². The fraction of sp³-hybridized carbons (Fsp3) is 0.286. The Morgan fingerprint density at radius 2 is 2.15 bits per heavy atom. The SMILES string of the molecule is OCc1ccnc(OC(F)(F)F)c1. The van der Waals surface area contributed by atoms with Crippen LogP contribution >= 0.6 is 0 Å². The number of alkyl halides is 3. The lowest BCUT2D eigenvalue weighted by Crippen LogP contribution is -2.17. The van der Waals surface area contributed by atoms with E-state index in [-0.39, 0.29) is 6.61 Å². The Kier molecular flexibility index (Phi) is 2.72. The maximum atomic E-state index is 11.7. The molecule has 0 unspecified atom stereocenters. The largest absolute Gasteiger partial charge is 0.574 e. The Bertz CT molecular complexity index is 287. The van der Waals surface area contributed by atoms with Crippen LogP contribution in [0.15, 0.2) is 18.3 Å². The van der Waals surface area contributed by atoms with E-state index in [4.69, 9.17) is 5.11 Å². The molecular weight excluding hydrogens is 187 g/mol. The van der Waals surface area contributed by atoms with Gasteiger partial charge in [0.1, 0.15) is 0 Å². The van der Waals surface area contributed by atoms with Gasteiger partial charge in [0.25, 0.3) is 0 Å². The molecule has 0 spiro atoms. The number of rotatable bonds is 2. The maximum absolute atomic E-state index is 11.7. The third-order valence-corrected chi connectivity index (χ3v) is 1.20. The van der Waals surface area contributed by atoms with Gasteiger partial charge >= 0.3 is 6.36 Å². The van der Waals surface area contributed by atoms with Gasteiger partial charge in [0, 0.05) is 12.3 Å². The predicted molar refractivity (Wildman–Crippen MR) is 36.8 cm³/mol. The lowest BCUT2D eigenvalue weighted by atomic mass is 10.3. The molecule has 3 nitrogen and oxygen atoms in total. The second-order valence-corrected chi connectivity index (χ2v) is 2.21. The molecule has 1 rings (SSSR count). The summed E-state index contributed by atoms with van der Waals surface area (Å²) in [4.78, 5) is 3.32. The van der Waals surface area contributed by atoms with Crippen molar-refractivity contribution in [2.45, 2.75) is 13.0 Å². The van der Waals surface area contributed by atoms with Crippen molar-refractivity contribution in [2.75, 3.05) is 0 Å². The minimum atomic E-state index is -4.75. The van der Waals surface area contributed by atoms with E-state index in [0.29, 0.717) is 5.56 Å². The molecule has 1 heterocycles. The van der Waals surface area contributed by atoms with Gasteiger partial charge < -0.3 is 9.84 Å². The molecule has 0 saturated heterocycles. The molecule has 1 N–H and O–H groups in total. The third-order valence-electron chi connectivity index (χ3n) is 1.20. The van der Waals surface area contributed by atoms with Crippen molar-refractivity contribution in [1.29, 1.82) is 0 Å². The highest BCUT2D eigenvalue weighted by Gasteiger charge is 2.31. The molecule has 1 aromatic heterocycles. The first-order valence-electron chi connectivity index (χ1n) is 3.33. The highest BCUT2D eigenvalue weighted by molar-refractivity contribution is 5.19. The molecule has 13 heavy (non-hydrogen) atoms. The van der Waals surface area contributed by atoms with Crippen molar-refractivity contribution in [1.82, 2.24) is 4.98 Å². The van der Waals surface area contributed by atoms with Crippen LogP contribution in [0.3, 0.4) is 0 Å². The number of nitrogens with zero attached hydrogens (tertiary/aromatic N) is 1. The number of pyridine rings is 1. The molecule has 0 aliphatic heterocycles. The number of ether oxygens (including phenoxy) is 1. The van der Waals surface area contributed by atoms with E-state index in [1.54, 1.807) is 0 Å². The summed E-state index contributed by atoms with van der Waals surface area (Å²) in [7, 11) is 0. The monoisotopic (exact) mass is 193 g/mol. The zero-order valence-corrected chi connectivity index (χ0v) is 6.38. The molecule has 0 fully saturated rings. The average molecular weight is 193 g/mol. The summed E-state index contributed by atoms with van der Waals surface area (Å²) < 4.78 is 38.5. The number of aliphatic hydroxyl groups excluding tert-OH is 1. The Hall–Kier alpha value is -1.30. The Labute approximate surface area is 71.8 Å². The van der Waals surface area contributed by atoms with Crippen LogP contribution in [0.25, 0.3) is 0 Å². The van der Waals surface area contributed by atoms with Gasteiger partial charge in [-0.3, -0.25) is 0 Å². The number of halogens is 3. The number of hydrogen-bond donors (Lipinski definition) is 1. The topological polar surface area (TPSA) is 42.4 Å². The van der Waals surface area contributed by atoms with Crippen LogP contribution in [-0.4, -0.2) is 16.5 Å². The standard InChI is InChI=1S/C7H6F3NO2/c8-7(9,10)13-6-3-5(4-12)1-2-11-6/h1-3,12H,4H2. The van der Waals surface area contributed by atoms with Crippen LogP contribution < -0.4 is 4.74 Å². The van der Waals surface area contributed by atoms with Gasteiger partial charge in [0.05, 0.1) is 6.61 Å². The Morgan fingerprint density at radius 3 is 2.69 bits per heavy atom. The summed E-state index contributed by atoms with van der Waals surface area (Å²) in [6, 6.07) is 2.41. The lowest BCUT2D eigenvalue weighted by molar-refractivity contribution is -0.276. The highest BCUT2D eigenvalue weighted by atomic mass is 19.4. The molecule has 0 radical (unpaired) electrons. The first kappa shape index (κ1) is 9.79. The fourth-order valence-corrected chi connectivity index (χ4v) is 0.723. The Morgan fingerprint density at radius 1 is 1.46 bits per heavy atom. The molecule has 1 aromatic rings. The molecule has 6 heteroatoms. The number of aromatic nitrogens is 1. The van der Waals surface area contributed by atoms with Gasteiger partial charge in [-0.15, -0.1) is 13.2 Å². The summed E-state index contributed by atoms with van der Waals surface area (Å²) >= 11 is 0. The number of hydrogen-bond acceptors (Lipinski definition) is 3. The number of aliphatic hydroxyl groups is 1. The molecule has 0 bridgehead atoms. The van der Waals surface area contributed by atoms with Crippen LogP contribution in [0.5, 0.6) is 5.88 Å². The molecule has 0 saturated carbocycles. The second kappa shape index (κ2) is 3.61. The minimum absolute atomic E-state index is 0.314. The smallest absolute Gasteiger partial charge is 0.392 e. The van der Waals surface area contributed by atoms with E-state index in [1.165, 1.54) is 6.07 Å². The van der Waals surface area contributed by atoms with E-state index in [1.807, 2.05) is 0 Å². The van der Waals surface area contributed by atoms with E-state index < -0.39 is 12.2 Å².